The first-order chi connectivity index (χ1) is 13.1. The minimum Gasteiger partial charge on any atom is -0.502 e. The summed E-state index contributed by atoms with van der Waals surface area (Å²) in [6.07, 6.45) is 1.45. The van der Waals surface area contributed by atoms with Crippen LogP contribution in [-0.2, 0) is 4.79 Å². The molecule has 0 aliphatic rings. The summed E-state index contributed by atoms with van der Waals surface area (Å²) in [5, 5.41) is 13.8. The van der Waals surface area contributed by atoms with E-state index >= 15 is 0 Å². The highest BCUT2D eigenvalue weighted by atomic mass is 32.2. The van der Waals surface area contributed by atoms with Crippen LogP contribution in [0.4, 0.5) is 0 Å². The third-order valence-electron chi connectivity index (χ3n) is 3.51. The average Bonchev–Trinajstić information content (AvgIpc) is 3.10. The number of methoxy groups -OCH3 is 2. The molecule has 0 saturated heterocycles. The number of carbonyl (C=O) groups is 1. The fourth-order valence-corrected chi connectivity index (χ4v) is 4.10. The highest BCUT2D eigenvalue weighted by Gasteiger charge is 2.10. The average molecular weight is 403 g/mol. The number of nitrogens with zero attached hydrogens (tertiary/aromatic N) is 2. The van der Waals surface area contributed by atoms with Gasteiger partial charge in [-0.15, -0.1) is 11.3 Å². The second kappa shape index (κ2) is 8.74. The van der Waals surface area contributed by atoms with Gasteiger partial charge in [-0.1, -0.05) is 23.9 Å². The molecule has 2 N–H and O–H groups in total. The second-order valence-corrected chi connectivity index (χ2v) is 7.56. The zero-order chi connectivity index (χ0) is 19.2. The SMILES string of the molecule is COc1cc(/C=N/NC(=O)CSc2nc3ccccc3s2)cc(OC)c1O. The molecule has 0 spiro atoms. The van der Waals surface area contributed by atoms with E-state index in [1.807, 2.05) is 24.3 Å². The van der Waals surface area contributed by atoms with Crippen molar-refractivity contribution in [2.45, 2.75) is 4.34 Å². The first-order valence-corrected chi connectivity index (χ1v) is 9.66. The lowest BCUT2D eigenvalue weighted by molar-refractivity contribution is -0.118. The number of thiazole rings is 1. The Morgan fingerprint density at radius 1 is 1.30 bits per heavy atom. The number of phenols is 1. The van der Waals surface area contributed by atoms with Gasteiger partial charge in [0.15, 0.2) is 15.8 Å². The van der Waals surface area contributed by atoms with Gasteiger partial charge in [0.2, 0.25) is 5.75 Å². The maximum Gasteiger partial charge on any atom is 0.250 e. The van der Waals surface area contributed by atoms with Crippen LogP contribution in [-0.4, -0.2) is 42.2 Å². The fourth-order valence-electron chi connectivity index (χ4n) is 2.24. The molecule has 0 bridgehead atoms. The molecule has 2 aromatic carbocycles. The highest BCUT2D eigenvalue weighted by Crippen LogP contribution is 2.36. The Hall–Kier alpha value is -2.78. The van der Waals surface area contributed by atoms with E-state index in [9.17, 15) is 9.90 Å². The Morgan fingerprint density at radius 3 is 2.67 bits per heavy atom. The van der Waals surface area contributed by atoms with Gasteiger partial charge in [0.25, 0.3) is 5.91 Å². The van der Waals surface area contributed by atoms with Crippen molar-refractivity contribution < 1.29 is 19.4 Å². The summed E-state index contributed by atoms with van der Waals surface area (Å²) in [6.45, 7) is 0. The maximum absolute atomic E-state index is 12.0. The molecular formula is C18H17N3O4S2. The van der Waals surface area contributed by atoms with Crippen molar-refractivity contribution >= 4 is 45.4 Å². The number of para-hydroxylation sites is 1. The van der Waals surface area contributed by atoms with Gasteiger partial charge in [-0.05, 0) is 24.3 Å². The lowest BCUT2D eigenvalue weighted by Crippen LogP contribution is -2.19. The van der Waals surface area contributed by atoms with E-state index in [1.54, 1.807) is 23.5 Å². The number of aromatic nitrogens is 1. The number of fused-ring (bicyclic) bond motifs is 1. The van der Waals surface area contributed by atoms with Crippen molar-refractivity contribution in [3.05, 3.63) is 42.0 Å². The summed E-state index contributed by atoms with van der Waals surface area (Å²) < 4.78 is 12.1. The van der Waals surface area contributed by atoms with E-state index in [2.05, 4.69) is 15.5 Å². The van der Waals surface area contributed by atoms with Gasteiger partial charge in [0, 0.05) is 5.56 Å². The molecular weight excluding hydrogens is 386 g/mol. The molecule has 0 atom stereocenters. The molecule has 140 valence electrons. The quantitative estimate of drug-likeness (QED) is 0.357. The molecule has 1 heterocycles. The van der Waals surface area contributed by atoms with Gasteiger partial charge >= 0.3 is 0 Å². The van der Waals surface area contributed by atoms with Crippen LogP contribution < -0.4 is 14.9 Å². The third-order valence-corrected chi connectivity index (χ3v) is 5.69. The highest BCUT2D eigenvalue weighted by molar-refractivity contribution is 8.01. The number of hydrogen-bond acceptors (Lipinski definition) is 8. The molecule has 0 saturated carbocycles. The van der Waals surface area contributed by atoms with Crippen LogP contribution in [0.3, 0.4) is 0 Å². The largest absolute Gasteiger partial charge is 0.502 e. The summed E-state index contributed by atoms with van der Waals surface area (Å²) in [5.41, 5.74) is 4.01. The smallest absolute Gasteiger partial charge is 0.250 e. The zero-order valence-electron chi connectivity index (χ0n) is 14.6. The monoisotopic (exact) mass is 403 g/mol. The third kappa shape index (κ3) is 4.69. The molecule has 0 aliphatic heterocycles. The second-order valence-electron chi connectivity index (χ2n) is 5.30. The lowest BCUT2D eigenvalue weighted by atomic mass is 10.2. The van der Waals surface area contributed by atoms with E-state index in [0.717, 1.165) is 14.6 Å². The number of phenolic OH excluding ortho intramolecular Hbond substituents is 1. The van der Waals surface area contributed by atoms with Crippen LogP contribution in [0.1, 0.15) is 5.56 Å². The van der Waals surface area contributed by atoms with Crippen molar-refractivity contribution in [1.29, 1.82) is 0 Å². The number of rotatable bonds is 7. The van der Waals surface area contributed by atoms with Gasteiger partial charge in [-0.25, -0.2) is 10.4 Å². The number of carbonyl (C=O) groups excluding carboxylic acids is 1. The standard InChI is InChI=1S/C18H17N3O4S2/c1-24-13-7-11(8-14(25-2)17(13)23)9-19-21-16(22)10-26-18-20-12-5-3-4-6-15(12)27-18/h3-9,23H,10H2,1-2H3,(H,21,22)/b19-9+. The van der Waals surface area contributed by atoms with Gasteiger partial charge in [-0.2, -0.15) is 5.10 Å². The number of hydrazone groups is 1. The van der Waals surface area contributed by atoms with Crippen LogP contribution in [0.5, 0.6) is 17.2 Å². The first kappa shape index (κ1) is 19.0. The van der Waals surface area contributed by atoms with E-state index < -0.39 is 0 Å². The number of aromatic hydroxyl groups is 1. The van der Waals surface area contributed by atoms with Gasteiger partial charge in [0.1, 0.15) is 0 Å². The Kier molecular flexibility index (Phi) is 6.15. The summed E-state index contributed by atoms with van der Waals surface area (Å²) in [6, 6.07) is 11.0. The van der Waals surface area contributed by atoms with Crippen molar-refractivity contribution in [2.75, 3.05) is 20.0 Å². The van der Waals surface area contributed by atoms with E-state index in [0.29, 0.717) is 5.56 Å². The number of ether oxygens (including phenoxy) is 2. The van der Waals surface area contributed by atoms with E-state index in [-0.39, 0.29) is 28.9 Å². The van der Waals surface area contributed by atoms with Crippen molar-refractivity contribution in [1.82, 2.24) is 10.4 Å². The normalized spacial score (nSPS) is 11.0. The molecule has 0 aliphatic carbocycles. The molecule has 7 nitrogen and oxygen atoms in total. The fraction of sp³-hybridized carbons (Fsp3) is 0.167. The van der Waals surface area contributed by atoms with Gasteiger partial charge < -0.3 is 14.6 Å². The minimum absolute atomic E-state index is 0.0894. The van der Waals surface area contributed by atoms with Crippen LogP contribution in [0.15, 0.2) is 45.8 Å². The number of benzene rings is 2. The molecule has 1 aromatic heterocycles. The maximum atomic E-state index is 12.0. The molecule has 27 heavy (non-hydrogen) atoms. The van der Waals surface area contributed by atoms with Crippen LogP contribution in [0.2, 0.25) is 0 Å². The molecule has 0 unspecified atom stereocenters. The molecule has 9 heteroatoms. The van der Waals surface area contributed by atoms with Crippen molar-refractivity contribution in [3.63, 3.8) is 0 Å². The summed E-state index contributed by atoms with van der Waals surface area (Å²) in [4.78, 5) is 16.4. The molecule has 1 amide bonds. The van der Waals surface area contributed by atoms with Crippen LogP contribution in [0, 0.1) is 0 Å². The van der Waals surface area contributed by atoms with Crippen LogP contribution in [0.25, 0.3) is 10.2 Å². The van der Waals surface area contributed by atoms with Gasteiger partial charge in [-0.3, -0.25) is 4.79 Å². The number of nitrogens with one attached hydrogen (secondary N) is 1. The Labute approximate surface area is 164 Å². The summed E-state index contributed by atoms with van der Waals surface area (Å²) >= 11 is 2.91. The molecule has 3 rings (SSSR count). The predicted molar refractivity (Wildman–Crippen MR) is 107 cm³/mol. The van der Waals surface area contributed by atoms with Gasteiger partial charge in [0.05, 0.1) is 36.4 Å². The summed E-state index contributed by atoms with van der Waals surface area (Å²) in [5.74, 6) is 0.392. The minimum atomic E-state index is -0.242. The van der Waals surface area contributed by atoms with Crippen molar-refractivity contribution in [2.24, 2.45) is 5.10 Å². The molecule has 3 aromatic rings. The first-order valence-electron chi connectivity index (χ1n) is 7.86. The van der Waals surface area contributed by atoms with E-state index in [4.69, 9.17) is 9.47 Å². The zero-order valence-corrected chi connectivity index (χ0v) is 16.3. The summed E-state index contributed by atoms with van der Waals surface area (Å²) in [7, 11) is 2.88. The Bertz CT molecular complexity index is 930. The van der Waals surface area contributed by atoms with E-state index in [1.165, 1.54) is 32.2 Å². The lowest BCUT2D eigenvalue weighted by Gasteiger charge is -2.09. The Balaban J connectivity index is 1.57. The predicted octanol–water partition coefficient (Wildman–Crippen LogP) is 3.26. The molecule has 0 fully saturated rings. The van der Waals surface area contributed by atoms with Crippen molar-refractivity contribution in [3.8, 4) is 17.2 Å². The number of thioether (sulfide) groups is 1. The topological polar surface area (TPSA) is 93.0 Å². The number of amides is 1. The number of hydrogen-bond donors (Lipinski definition) is 2. The molecule has 0 radical (unpaired) electrons. The van der Waals surface area contributed by atoms with Crippen LogP contribution >= 0.6 is 23.1 Å². The Morgan fingerprint density at radius 2 is 2.00 bits per heavy atom.